The normalized spacial score (nSPS) is 13.4. The van der Waals surface area contributed by atoms with E-state index in [2.05, 4.69) is 5.32 Å². The van der Waals surface area contributed by atoms with Gasteiger partial charge in [0.1, 0.15) is 19.3 Å². The molecule has 160 valence electrons. The number of benzene rings is 2. The lowest BCUT2D eigenvalue weighted by Crippen LogP contribution is -2.47. The van der Waals surface area contributed by atoms with E-state index in [0.717, 1.165) is 28.2 Å². The molecule has 0 saturated carbocycles. The molecule has 1 N–H and O–H groups in total. The molecule has 0 unspecified atom stereocenters. The first-order chi connectivity index (χ1) is 14.5. The Kier molecular flexibility index (Phi) is 7.33. The van der Waals surface area contributed by atoms with Crippen LogP contribution in [-0.4, -0.2) is 42.5 Å². The van der Waals surface area contributed by atoms with Crippen molar-refractivity contribution >= 4 is 11.8 Å². The van der Waals surface area contributed by atoms with Gasteiger partial charge in [-0.1, -0.05) is 35.9 Å². The van der Waals surface area contributed by atoms with Crippen molar-refractivity contribution in [3.63, 3.8) is 0 Å². The van der Waals surface area contributed by atoms with Crippen LogP contribution in [0.1, 0.15) is 37.0 Å². The van der Waals surface area contributed by atoms with E-state index in [4.69, 9.17) is 9.47 Å². The molecule has 30 heavy (non-hydrogen) atoms. The molecule has 1 heterocycles. The topological polar surface area (TPSA) is 67.9 Å². The summed E-state index contributed by atoms with van der Waals surface area (Å²) in [4.78, 5) is 27.2. The molecule has 0 radical (unpaired) electrons. The predicted octanol–water partition coefficient (Wildman–Crippen LogP) is 3.25. The Labute approximate surface area is 178 Å². The van der Waals surface area contributed by atoms with Crippen molar-refractivity contribution in [2.75, 3.05) is 19.8 Å². The number of carbonyl (C=O) groups is 2. The average molecular weight is 411 g/mol. The van der Waals surface area contributed by atoms with Gasteiger partial charge in [0, 0.05) is 19.5 Å². The summed E-state index contributed by atoms with van der Waals surface area (Å²) in [5, 5.41) is 2.82. The molecule has 0 aliphatic carbocycles. The molecule has 0 saturated heterocycles. The summed E-state index contributed by atoms with van der Waals surface area (Å²) >= 11 is 0. The van der Waals surface area contributed by atoms with E-state index in [1.54, 1.807) is 11.8 Å². The summed E-state index contributed by atoms with van der Waals surface area (Å²) in [5.74, 6) is 1.27. The van der Waals surface area contributed by atoms with Gasteiger partial charge < -0.3 is 19.7 Å². The molecular formula is C24H30N2O4. The average Bonchev–Trinajstić information content (AvgIpc) is 2.75. The summed E-state index contributed by atoms with van der Waals surface area (Å²) < 4.78 is 11.2. The number of aryl methyl sites for hydroxylation is 2. The van der Waals surface area contributed by atoms with Crippen molar-refractivity contribution in [2.24, 2.45) is 0 Å². The first kappa shape index (κ1) is 21.7. The Hall–Kier alpha value is -3.02. The van der Waals surface area contributed by atoms with Crippen LogP contribution in [0.2, 0.25) is 0 Å². The second-order valence-electron chi connectivity index (χ2n) is 7.56. The van der Waals surface area contributed by atoms with E-state index >= 15 is 0 Å². The lowest BCUT2D eigenvalue weighted by molar-refractivity contribution is -0.140. The Morgan fingerprint density at radius 1 is 1.07 bits per heavy atom. The Balaban J connectivity index is 1.71. The molecule has 6 heteroatoms. The zero-order valence-corrected chi connectivity index (χ0v) is 17.9. The van der Waals surface area contributed by atoms with Crippen LogP contribution in [0.5, 0.6) is 11.5 Å². The summed E-state index contributed by atoms with van der Waals surface area (Å²) in [6, 6.07) is 13.3. The minimum Gasteiger partial charge on any atom is -0.486 e. The number of hydrogen-bond acceptors (Lipinski definition) is 4. The quantitative estimate of drug-likeness (QED) is 0.725. The standard InChI is InChI=1S/C24H30N2O4/c1-4-25-24(28)18(3)26(16-20-7-5-6-17(2)14-20)23(27)11-9-19-8-10-21-22(15-19)30-13-12-29-21/h5-8,10,14-15,18H,4,9,11-13,16H2,1-3H3,(H,25,28)/t18-/m0/s1. The number of fused-ring (bicyclic) bond motifs is 1. The highest BCUT2D eigenvalue weighted by molar-refractivity contribution is 5.87. The van der Waals surface area contributed by atoms with Gasteiger partial charge >= 0.3 is 0 Å². The third-order valence-electron chi connectivity index (χ3n) is 5.19. The second kappa shape index (κ2) is 10.1. The predicted molar refractivity (Wildman–Crippen MR) is 116 cm³/mol. The van der Waals surface area contributed by atoms with Crippen LogP contribution in [0.3, 0.4) is 0 Å². The molecule has 1 atom stereocenters. The highest BCUT2D eigenvalue weighted by atomic mass is 16.6. The van der Waals surface area contributed by atoms with Crippen LogP contribution in [-0.2, 0) is 22.6 Å². The summed E-state index contributed by atoms with van der Waals surface area (Å²) in [6.45, 7) is 7.69. The van der Waals surface area contributed by atoms with Crippen molar-refractivity contribution in [3.8, 4) is 11.5 Å². The Bertz CT molecular complexity index is 897. The monoisotopic (exact) mass is 410 g/mol. The smallest absolute Gasteiger partial charge is 0.242 e. The van der Waals surface area contributed by atoms with E-state index in [0.29, 0.717) is 39.1 Å². The lowest BCUT2D eigenvalue weighted by atomic mass is 10.1. The number of rotatable bonds is 8. The van der Waals surface area contributed by atoms with E-state index in [9.17, 15) is 9.59 Å². The van der Waals surface area contributed by atoms with Crippen molar-refractivity contribution < 1.29 is 19.1 Å². The molecule has 0 aromatic heterocycles. The van der Waals surface area contributed by atoms with Crippen molar-refractivity contribution in [1.29, 1.82) is 0 Å². The minimum absolute atomic E-state index is 0.0508. The number of nitrogens with zero attached hydrogens (tertiary/aromatic N) is 1. The van der Waals surface area contributed by atoms with Gasteiger partial charge in [-0.05, 0) is 50.5 Å². The van der Waals surface area contributed by atoms with Gasteiger partial charge in [0.15, 0.2) is 11.5 Å². The maximum Gasteiger partial charge on any atom is 0.242 e. The minimum atomic E-state index is -0.543. The molecular weight excluding hydrogens is 380 g/mol. The first-order valence-corrected chi connectivity index (χ1v) is 10.5. The zero-order chi connectivity index (χ0) is 21.5. The summed E-state index contributed by atoms with van der Waals surface area (Å²) in [5.41, 5.74) is 3.15. The lowest BCUT2D eigenvalue weighted by Gasteiger charge is -2.29. The van der Waals surface area contributed by atoms with Crippen LogP contribution in [0.4, 0.5) is 0 Å². The van der Waals surface area contributed by atoms with Gasteiger partial charge in [-0.2, -0.15) is 0 Å². The first-order valence-electron chi connectivity index (χ1n) is 10.5. The van der Waals surface area contributed by atoms with Crippen molar-refractivity contribution in [3.05, 3.63) is 59.2 Å². The SMILES string of the molecule is CCNC(=O)[C@H](C)N(Cc1cccc(C)c1)C(=O)CCc1ccc2c(c1)OCCO2. The van der Waals surface area contributed by atoms with Crippen molar-refractivity contribution in [1.82, 2.24) is 10.2 Å². The highest BCUT2D eigenvalue weighted by Gasteiger charge is 2.25. The largest absolute Gasteiger partial charge is 0.486 e. The van der Waals surface area contributed by atoms with Gasteiger partial charge in [-0.25, -0.2) is 0 Å². The van der Waals surface area contributed by atoms with Crippen molar-refractivity contribution in [2.45, 2.75) is 46.2 Å². The second-order valence-corrected chi connectivity index (χ2v) is 7.56. The summed E-state index contributed by atoms with van der Waals surface area (Å²) in [7, 11) is 0. The zero-order valence-electron chi connectivity index (χ0n) is 17.9. The number of hydrogen-bond donors (Lipinski definition) is 1. The van der Waals surface area contributed by atoms with Crippen LogP contribution in [0.15, 0.2) is 42.5 Å². The van der Waals surface area contributed by atoms with Gasteiger partial charge in [-0.15, -0.1) is 0 Å². The molecule has 6 nitrogen and oxygen atoms in total. The van der Waals surface area contributed by atoms with E-state index < -0.39 is 6.04 Å². The molecule has 2 aromatic rings. The number of ether oxygens (including phenoxy) is 2. The van der Waals surface area contributed by atoms with Gasteiger partial charge in [0.2, 0.25) is 11.8 Å². The molecule has 0 spiro atoms. The maximum absolute atomic E-state index is 13.1. The maximum atomic E-state index is 13.1. The van der Waals surface area contributed by atoms with Gasteiger partial charge in [0.25, 0.3) is 0 Å². The van der Waals surface area contributed by atoms with Crippen LogP contribution < -0.4 is 14.8 Å². The van der Waals surface area contributed by atoms with E-state index in [1.807, 2.05) is 56.3 Å². The van der Waals surface area contributed by atoms with E-state index in [-0.39, 0.29) is 11.8 Å². The van der Waals surface area contributed by atoms with Gasteiger partial charge in [-0.3, -0.25) is 9.59 Å². The van der Waals surface area contributed by atoms with E-state index in [1.165, 1.54) is 0 Å². The fourth-order valence-corrected chi connectivity index (χ4v) is 3.55. The number of nitrogens with one attached hydrogen (secondary N) is 1. The molecule has 0 bridgehead atoms. The van der Waals surface area contributed by atoms with Crippen LogP contribution in [0, 0.1) is 6.92 Å². The fraction of sp³-hybridized carbons (Fsp3) is 0.417. The third kappa shape index (κ3) is 5.53. The summed E-state index contributed by atoms with van der Waals surface area (Å²) in [6.07, 6.45) is 0.886. The Morgan fingerprint density at radius 3 is 2.57 bits per heavy atom. The molecule has 2 amide bonds. The fourth-order valence-electron chi connectivity index (χ4n) is 3.55. The molecule has 2 aromatic carbocycles. The Morgan fingerprint density at radius 2 is 1.83 bits per heavy atom. The molecule has 1 aliphatic rings. The number of amides is 2. The molecule has 3 rings (SSSR count). The highest BCUT2D eigenvalue weighted by Crippen LogP contribution is 2.31. The number of likely N-dealkylation sites (N-methyl/N-ethyl adjacent to an activating group) is 1. The number of carbonyl (C=O) groups excluding carboxylic acids is 2. The molecule has 0 fully saturated rings. The third-order valence-corrected chi connectivity index (χ3v) is 5.19. The molecule has 1 aliphatic heterocycles. The van der Waals surface area contributed by atoms with Crippen LogP contribution in [0.25, 0.3) is 0 Å². The van der Waals surface area contributed by atoms with Crippen LogP contribution >= 0.6 is 0 Å². The van der Waals surface area contributed by atoms with Gasteiger partial charge in [0.05, 0.1) is 0 Å².